The van der Waals surface area contributed by atoms with Gasteiger partial charge in [0.2, 0.25) is 0 Å². The minimum Gasteiger partial charge on any atom is -0.333 e. The SMILES string of the molecule is CC1CNCCN1C(=O)c1cccc(C#N)c1. The first-order valence-corrected chi connectivity index (χ1v) is 5.74. The van der Waals surface area contributed by atoms with Gasteiger partial charge >= 0.3 is 0 Å². The molecule has 1 aromatic carbocycles. The number of amides is 1. The number of benzene rings is 1. The molecule has 88 valence electrons. The second-order valence-electron chi connectivity index (χ2n) is 4.24. The lowest BCUT2D eigenvalue weighted by Crippen LogP contribution is -2.52. The van der Waals surface area contributed by atoms with Crippen LogP contribution in [0.3, 0.4) is 0 Å². The molecule has 1 N–H and O–H groups in total. The normalized spacial score (nSPS) is 19.8. The van der Waals surface area contributed by atoms with E-state index in [1.165, 1.54) is 0 Å². The van der Waals surface area contributed by atoms with Crippen LogP contribution in [-0.2, 0) is 0 Å². The minimum absolute atomic E-state index is 0.0103. The molecule has 0 radical (unpaired) electrons. The molecule has 1 unspecified atom stereocenters. The lowest BCUT2D eigenvalue weighted by Gasteiger charge is -2.34. The highest BCUT2D eigenvalue weighted by Crippen LogP contribution is 2.11. The third-order valence-electron chi connectivity index (χ3n) is 3.00. The van der Waals surface area contributed by atoms with Crippen molar-refractivity contribution in [2.75, 3.05) is 19.6 Å². The summed E-state index contributed by atoms with van der Waals surface area (Å²) in [6, 6.07) is 9.12. The van der Waals surface area contributed by atoms with E-state index in [1.54, 1.807) is 24.3 Å². The quantitative estimate of drug-likeness (QED) is 0.781. The van der Waals surface area contributed by atoms with Gasteiger partial charge in [-0.15, -0.1) is 0 Å². The van der Waals surface area contributed by atoms with Gasteiger partial charge < -0.3 is 10.2 Å². The molecule has 1 atom stereocenters. The Bertz CT molecular complexity index is 464. The van der Waals surface area contributed by atoms with Crippen molar-refractivity contribution in [1.29, 1.82) is 5.26 Å². The summed E-state index contributed by atoms with van der Waals surface area (Å²) in [7, 11) is 0. The lowest BCUT2D eigenvalue weighted by atomic mass is 10.1. The molecule has 2 rings (SSSR count). The molecular formula is C13H15N3O. The Balaban J connectivity index is 2.21. The fourth-order valence-corrected chi connectivity index (χ4v) is 2.03. The zero-order valence-electron chi connectivity index (χ0n) is 9.81. The van der Waals surface area contributed by atoms with Gasteiger partial charge in [-0.2, -0.15) is 5.26 Å². The van der Waals surface area contributed by atoms with E-state index in [1.807, 2.05) is 11.8 Å². The summed E-state index contributed by atoms with van der Waals surface area (Å²) >= 11 is 0. The number of piperazine rings is 1. The largest absolute Gasteiger partial charge is 0.333 e. The van der Waals surface area contributed by atoms with Crippen LogP contribution >= 0.6 is 0 Å². The van der Waals surface area contributed by atoms with Crippen molar-refractivity contribution in [2.45, 2.75) is 13.0 Å². The van der Waals surface area contributed by atoms with Crippen LogP contribution in [0.15, 0.2) is 24.3 Å². The van der Waals surface area contributed by atoms with Gasteiger partial charge in [-0.3, -0.25) is 4.79 Å². The van der Waals surface area contributed by atoms with Crippen LogP contribution in [0.2, 0.25) is 0 Å². The fraction of sp³-hybridized carbons (Fsp3) is 0.385. The summed E-state index contributed by atoms with van der Waals surface area (Å²) in [6.07, 6.45) is 0. The first-order valence-electron chi connectivity index (χ1n) is 5.74. The van der Waals surface area contributed by atoms with Crippen LogP contribution in [-0.4, -0.2) is 36.5 Å². The van der Waals surface area contributed by atoms with Crippen molar-refractivity contribution < 1.29 is 4.79 Å². The van der Waals surface area contributed by atoms with Crippen molar-refractivity contribution in [3.05, 3.63) is 35.4 Å². The lowest BCUT2D eigenvalue weighted by molar-refractivity contribution is 0.0655. The Kier molecular flexibility index (Phi) is 3.40. The van der Waals surface area contributed by atoms with Gasteiger partial charge in [-0.25, -0.2) is 0 Å². The van der Waals surface area contributed by atoms with Gasteiger partial charge in [0.25, 0.3) is 5.91 Å². The van der Waals surface area contributed by atoms with Crippen LogP contribution in [0, 0.1) is 11.3 Å². The topological polar surface area (TPSA) is 56.1 Å². The van der Waals surface area contributed by atoms with Crippen molar-refractivity contribution in [2.24, 2.45) is 0 Å². The standard InChI is InChI=1S/C13H15N3O/c1-10-9-15-5-6-16(10)13(17)12-4-2-3-11(7-12)8-14/h2-4,7,10,15H,5-6,9H2,1H3. The average Bonchev–Trinajstić information content (AvgIpc) is 2.38. The van der Waals surface area contributed by atoms with Gasteiger partial charge in [0.05, 0.1) is 11.6 Å². The van der Waals surface area contributed by atoms with Crippen LogP contribution in [0.1, 0.15) is 22.8 Å². The van der Waals surface area contributed by atoms with Crippen molar-refractivity contribution in [3.63, 3.8) is 0 Å². The van der Waals surface area contributed by atoms with Crippen LogP contribution in [0.5, 0.6) is 0 Å². The van der Waals surface area contributed by atoms with E-state index in [9.17, 15) is 4.79 Å². The maximum absolute atomic E-state index is 12.3. The number of carbonyl (C=O) groups excluding carboxylic acids is 1. The number of nitriles is 1. The molecule has 1 amide bonds. The number of nitrogens with zero attached hydrogens (tertiary/aromatic N) is 2. The molecule has 0 spiro atoms. The minimum atomic E-state index is 0.0103. The summed E-state index contributed by atoms with van der Waals surface area (Å²) in [5.74, 6) is 0.0103. The molecule has 1 saturated heterocycles. The first kappa shape index (κ1) is 11.6. The van der Waals surface area contributed by atoms with Crippen LogP contribution in [0.4, 0.5) is 0 Å². The molecule has 0 aromatic heterocycles. The number of hydrogen-bond acceptors (Lipinski definition) is 3. The Morgan fingerprint density at radius 3 is 3.12 bits per heavy atom. The highest BCUT2D eigenvalue weighted by atomic mass is 16.2. The first-order chi connectivity index (χ1) is 8.22. The van der Waals surface area contributed by atoms with Crippen molar-refractivity contribution in [1.82, 2.24) is 10.2 Å². The van der Waals surface area contributed by atoms with Gasteiger partial charge in [-0.1, -0.05) is 6.07 Å². The predicted octanol–water partition coefficient (Wildman–Crippen LogP) is 0.992. The van der Waals surface area contributed by atoms with E-state index < -0.39 is 0 Å². The Labute approximate surface area is 101 Å². The molecule has 1 fully saturated rings. The van der Waals surface area contributed by atoms with Gasteiger partial charge in [0.15, 0.2) is 0 Å². The maximum atomic E-state index is 12.3. The molecular weight excluding hydrogens is 214 g/mol. The van der Waals surface area contributed by atoms with E-state index in [0.717, 1.165) is 19.6 Å². The Hall–Kier alpha value is -1.86. The fourth-order valence-electron chi connectivity index (χ4n) is 2.03. The summed E-state index contributed by atoms with van der Waals surface area (Å²) in [4.78, 5) is 14.1. The smallest absolute Gasteiger partial charge is 0.254 e. The highest BCUT2D eigenvalue weighted by Gasteiger charge is 2.23. The van der Waals surface area contributed by atoms with E-state index >= 15 is 0 Å². The third kappa shape index (κ3) is 2.45. The second kappa shape index (κ2) is 4.98. The number of rotatable bonds is 1. The summed E-state index contributed by atoms with van der Waals surface area (Å²) in [5, 5.41) is 12.1. The molecule has 0 bridgehead atoms. The third-order valence-corrected chi connectivity index (χ3v) is 3.00. The highest BCUT2D eigenvalue weighted by molar-refractivity contribution is 5.94. The average molecular weight is 229 g/mol. The van der Waals surface area contributed by atoms with Crippen LogP contribution < -0.4 is 5.32 Å². The Morgan fingerprint density at radius 2 is 2.41 bits per heavy atom. The molecule has 0 aliphatic carbocycles. The molecule has 4 nitrogen and oxygen atoms in total. The molecule has 17 heavy (non-hydrogen) atoms. The van der Waals surface area contributed by atoms with Gasteiger partial charge in [0.1, 0.15) is 0 Å². The summed E-state index contributed by atoms with van der Waals surface area (Å²) in [5.41, 5.74) is 1.12. The van der Waals surface area contributed by atoms with E-state index in [0.29, 0.717) is 11.1 Å². The molecule has 1 aromatic rings. The van der Waals surface area contributed by atoms with E-state index in [2.05, 4.69) is 11.4 Å². The number of nitrogens with one attached hydrogen (secondary N) is 1. The summed E-state index contributed by atoms with van der Waals surface area (Å²) in [6.45, 7) is 4.40. The maximum Gasteiger partial charge on any atom is 0.254 e. The molecule has 1 aliphatic heterocycles. The van der Waals surface area contributed by atoms with Crippen LogP contribution in [0.25, 0.3) is 0 Å². The zero-order chi connectivity index (χ0) is 12.3. The van der Waals surface area contributed by atoms with Crippen molar-refractivity contribution >= 4 is 5.91 Å². The molecule has 1 heterocycles. The number of hydrogen-bond donors (Lipinski definition) is 1. The molecule has 4 heteroatoms. The van der Waals surface area contributed by atoms with Crippen molar-refractivity contribution in [3.8, 4) is 6.07 Å². The number of carbonyl (C=O) groups is 1. The van der Waals surface area contributed by atoms with E-state index in [4.69, 9.17) is 5.26 Å². The van der Waals surface area contributed by atoms with Gasteiger partial charge in [0, 0.05) is 31.2 Å². The monoisotopic (exact) mass is 229 g/mol. The van der Waals surface area contributed by atoms with Gasteiger partial charge in [-0.05, 0) is 25.1 Å². The Morgan fingerprint density at radius 1 is 1.59 bits per heavy atom. The molecule has 1 aliphatic rings. The predicted molar refractivity (Wildman–Crippen MR) is 64.5 cm³/mol. The molecule has 0 saturated carbocycles. The summed E-state index contributed by atoms with van der Waals surface area (Å²) < 4.78 is 0. The zero-order valence-corrected chi connectivity index (χ0v) is 9.81. The van der Waals surface area contributed by atoms with E-state index in [-0.39, 0.29) is 11.9 Å². The second-order valence-corrected chi connectivity index (χ2v) is 4.24.